The third-order valence-electron chi connectivity index (χ3n) is 5.39. The summed E-state index contributed by atoms with van der Waals surface area (Å²) in [5.41, 5.74) is 6.00. The number of methoxy groups -OCH3 is 1. The molecule has 30 heavy (non-hydrogen) atoms. The van der Waals surface area contributed by atoms with E-state index in [9.17, 15) is 9.50 Å². The highest BCUT2D eigenvalue weighted by Gasteiger charge is 2.28. The van der Waals surface area contributed by atoms with Crippen molar-refractivity contribution >= 4 is 11.4 Å². The largest absolute Gasteiger partial charge is 0.495 e. The summed E-state index contributed by atoms with van der Waals surface area (Å²) in [5, 5.41) is 12.9. The number of aliphatic hydroxyl groups excluding tert-OH is 1. The Labute approximate surface area is 176 Å². The topological polar surface area (TPSA) is 53.8 Å². The van der Waals surface area contributed by atoms with Gasteiger partial charge in [0.1, 0.15) is 11.6 Å². The van der Waals surface area contributed by atoms with Gasteiger partial charge in [0, 0.05) is 23.3 Å². The number of nitrogens with zero attached hydrogens (tertiary/aromatic N) is 1. The van der Waals surface area contributed by atoms with Gasteiger partial charge >= 0.3 is 0 Å². The molecule has 0 bridgehead atoms. The average Bonchev–Trinajstić information content (AvgIpc) is 2.78. The van der Waals surface area contributed by atoms with Crippen molar-refractivity contribution in [2.45, 2.75) is 19.4 Å². The number of nitrogens with one attached hydrogen (secondary N) is 1. The van der Waals surface area contributed by atoms with E-state index in [1.165, 1.54) is 6.07 Å². The number of ether oxygens (including phenoxy) is 1. The quantitative estimate of drug-likeness (QED) is 0.618. The molecule has 5 heteroatoms. The molecule has 1 unspecified atom stereocenters. The fourth-order valence-corrected chi connectivity index (χ4v) is 3.92. The van der Waals surface area contributed by atoms with Crippen molar-refractivity contribution < 1.29 is 14.2 Å². The molecule has 0 amide bonds. The van der Waals surface area contributed by atoms with Crippen LogP contribution in [0.5, 0.6) is 5.75 Å². The van der Waals surface area contributed by atoms with Crippen LogP contribution >= 0.6 is 0 Å². The summed E-state index contributed by atoms with van der Waals surface area (Å²) in [7, 11) is 1.62. The number of rotatable bonds is 5. The van der Waals surface area contributed by atoms with Crippen LogP contribution in [0.4, 0.5) is 10.1 Å². The van der Waals surface area contributed by atoms with Gasteiger partial charge < -0.3 is 15.2 Å². The number of aryl methyl sites for hydroxylation is 1. The van der Waals surface area contributed by atoms with E-state index in [0.717, 1.165) is 33.7 Å². The maximum Gasteiger partial charge on any atom is 0.143 e. The predicted molar refractivity (Wildman–Crippen MR) is 119 cm³/mol. The van der Waals surface area contributed by atoms with Gasteiger partial charge in [0.05, 0.1) is 32.0 Å². The normalized spacial score (nSPS) is 16.8. The first-order chi connectivity index (χ1) is 14.6. The summed E-state index contributed by atoms with van der Waals surface area (Å²) in [6.45, 7) is 2.24. The minimum atomic E-state index is -0.276. The lowest BCUT2D eigenvalue weighted by Crippen LogP contribution is -2.24. The molecule has 0 aromatic heterocycles. The monoisotopic (exact) mass is 404 g/mol. The Balaban J connectivity index is 1.86. The van der Waals surface area contributed by atoms with Crippen molar-refractivity contribution in [3.8, 4) is 16.9 Å². The minimum absolute atomic E-state index is 0.0222. The van der Waals surface area contributed by atoms with E-state index in [2.05, 4.69) is 22.4 Å². The van der Waals surface area contributed by atoms with E-state index in [4.69, 9.17) is 4.74 Å². The van der Waals surface area contributed by atoms with E-state index in [0.29, 0.717) is 24.3 Å². The summed E-state index contributed by atoms with van der Waals surface area (Å²) < 4.78 is 20.3. The molecule has 3 aromatic rings. The fourth-order valence-electron chi connectivity index (χ4n) is 3.92. The maximum absolute atomic E-state index is 14.6. The molecule has 0 saturated carbocycles. The zero-order valence-corrected chi connectivity index (χ0v) is 17.2. The predicted octanol–water partition coefficient (Wildman–Crippen LogP) is 5.15. The van der Waals surface area contributed by atoms with Crippen LogP contribution in [-0.4, -0.2) is 31.1 Å². The lowest BCUT2D eigenvalue weighted by molar-refractivity contribution is 0.307. The molecule has 4 nitrogen and oxygen atoms in total. The molecule has 4 rings (SSSR count). The van der Waals surface area contributed by atoms with Gasteiger partial charge in [-0.2, -0.15) is 0 Å². The van der Waals surface area contributed by atoms with Crippen LogP contribution in [0.25, 0.3) is 11.1 Å². The second-order valence-electron chi connectivity index (χ2n) is 7.45. The number of fused-ring (bicyclic) bond motifs is 1. The molecule has 1 aliphatic heterocycles. The summed E-state index contributed by atoms with van der Waals surface area (Å²) in [6.07, 6.45) is 0.667. The van der Waals surface area contributed by atoms with Crippen molar-refractivity contribution in [2.24, 2.45) is 4.99 Å². The van der Waals surface area contributed by atoms with Crippen LogP contribution < -0.4 is 10.1 Å². The van der Waals surface area contributed by atoms with Crippen molar-refractivity contribution in [2.75, 3.05) is 25.6 Å². The second kappa shape index (κ2) is 8.67. The Kier molecular flexibility index (Phi) is 5.81. The summed E-state index contributed by atoms with van der Waals surface area (Å²) in [4.78, 5) is 4.65. The first kappa shape index (κ1) is 20.1. The van der Waals surface area contributed by atoms with Crippen molar-refractivity contribution in [1.29, 1.82) is 0 Å². The highest BCUT2D eigenvalue weighted by molar-refractivity contribution is 6.09. The molecule has 0 saturated heterocycles. The smallest absolute Gasteiger partial charge is 0.143 e. The lowest BCUT2D eigenvalue weighted by Gasteiger charge is -2.30. The Morgan fingerprint density at radius 2 is 1.90 bits per heavy atom. The van der Waals surface area contributed by atoms with Crippen LogP contribution in [0.2, 0.25) is 0 Å². The van der Waals surface area contributed by atoms with Gasteiger partial charge in [-0.3, -0.25) is 4.99 Å². The van der Waals surface area contributed by atoms with E-state index < -0.39 is 0 Å². The van der Waals surface area contributed by atoms with Gasteiger partial charge in [0.25, 0.3) is 0 Å². The average molecular weight is 404 g/mol. The summed E-state index contributed by atoms with van der Waals surface area (Å²) in [5.74, 6) is 0.364. The SMILES string of the molecule is COc1cc(-c2cc(C)ccc2F)cc2c1NC(c1ccccc1)CC2=NCCO. The molecule has 0 aliphatic carbocycles. The van der Waals surface area contributed by atoms with E-state index in [1.54, 1.807) is 13.2 Å². The molecular formula is C25H25FN2O2. The lowest BCUT2D eigenvalue weighted by atomic mass is 9.89. The number of halogens is 1. The van der Waals surface area contributed by atoms with E-state index in [-0.39, 0.29) is 18.5 Å². The van der Waals surface area contributed by atoms with Crippen LogP contribution in [-0.2, 0) is 0 Å². The Morgan fingerprint density at radius 1 is 1.10 bits per heavy atom. The zero-order valence-electron chi connectivity index (χ0n) is 17.2. The maximum atomic E-state index is 14.6. The Hall–Kier alpha value is -3.18. The van der Waals surface area contributed by atoms with Crippen molar-refractivity contribution in [1.82, 2.24) is 0 Å². The highest BCUT2D eigenvalue weighted by Crippen LogP contribution is 2.42. The number of hydrogen-bond donors (Lipinski definition) is 2. The number of aliphatic hydroxyl groups is 1. The molecule has 1 heterocycles. The highest BCUT2D eigenvalue weighted by atomic mass is 19.1. The van der Waals surface area contributed by atoms with Crippen LogP contribution in [0.3, 0.4) is 0 Å². The van der Waals surface area contributed by atoms with Gasteiger partial charge in [-0.15, -0.1) is 0 Å². The summed E-state index contributed by atoms with van der Waals surface area (Å²) in [6, 6.07) is 19.1. The number of benzene rings is 3. The van der Waals surface area contributed by atoms with Gasteiger partial charge in [0.2, 0.25) is 0 Å². The first-order valence-electron chi connectivity index (χ1n) is 10.0. The zero-order chi connectivity index (χ0) is 21.1. The standard InChI is InChI=1S/C25H25FN2O2/c1-16-8-9-21(26)19(12-16)18-13-20-23(27-10-11-29)15-22(17-6-4-3-5-7-17)28-25(20)24(14-18)30-2/h3-9,12-14,22,28-29H,10-11,15H2,1-2H3. The van der Waals surface area contributed by atoms with E-state index in [1.807, 2.05) is 43.3 Å². The molecule has 0 spiro atoms. The third-order valence-corrected chi connectivity index (χ3v) is 5.39. The summed E-state index contributed by atoms with van der Waals surface area (Å²) >= 11 is 0. The number of aliphatic imine (C=N–C) groups is 1. The van der Waals surface area contributed by atoms with Crippen molar-refractivity contribution in [3.05, 3.63) is 83.2 Å². The Morgan fingerprint density at radius 3 is 2.63 bits per heavy atom. The number of anilines is 1. The van der Waals surface area contributed by atoms with Crippen LogP contribution in [0.15, 0.2) is 65.7 Å². The molecule has 1 atom stereocenters. The van der Waals surface area contributed by atoms with Crippen molar-refractivity contribution in [3.63, 3.8) is 0 Å². The number of hydrogen-bond acceptors (Lipinski definition) is 4. The van der Waals surface area contributed by atoms with Gasteiger partial charge in [0.15, 0.2) is 0 Å². The Bertz CT molecular complexity index is 1080. The molecule has 1 aliphatic rings. The molecule has 3 aromatic carbocycles. The van der Waals surface area contributed by atoms with Crippen LogP contribution in [0.1, 0.15) is 29.2 Å². The molecule has 2 N–H and O–H groups in total. The van der Waals surface area contributed by atoms with E-state index >= 15 is 0 Å². The van der Waals surface area contributed by atoms with Gasteiger partial charge in [-0.1, -0.05) is 42.0 Å². The molecule has 0 radical (unpaired) electrons. The fraction of sp³-hybridized carbons (Fsp3) is 0.240. The third kappa shape index (κ3) is 3.94. The molecule has 0 fully saturated rings. The molecular weight excluding hydrogens is 379 g/mol. The second-order valence-corrected chi connectivity index (χ2v) is 7.45. The minimum Gasteiger partial charge on any atom is -0.495 e. The van der Waals surface area contributed by atoms with Gasteiger partial charge in [-0.25, -0.2) is 4.39 Å². The van der Waals surface area contributed by atoms with Crippen LogP contribution in [0, 0.1) is 12.7 Å². The molecule has 154 valence electrons. The van der Waals surface area contributed by atoms with Gasteiger partial charge in [-0.05, 0) is 42.3 Å². The first-order valence-corrected chi connectivity index (χ1v) is 10.0.